The molecule has 0 aliphatic rings. The van der Waals surface area contributed by atoms with Gasteiger partial charge in [-0.15, -0.1) is 11.3 Å². The predicted molar refractivity (Wildman–Crippen MR) is 72.4 cm³/mol. The van der Waals surface area contributed by atoms with Gasteiger partial charge in [-0.3, -0.25) is 0 Å². The highest BCUT2D eigenvalue weighted by Crippen LogP contribution is 2.16. The van der Waals surface area contributed by atoms with E-state index in [2.05, 4.69) is 4.98 Å². The summed E-state index contributed by atoms with van der Waals surface area (Å²) in [6.07, 6.45) is 1.91. The largest absolute Gasteiger partial charge is 0.325 e. The van der Waals surface area contributed by atoms with Crippen LogP contribution in [0, 0.1) is 0 Å². The molecule has 0 atom stereocenters. The highest BCUT2D eigenvalue weighted by Gasteiger charge is 2.07. The van der Waals surface area contributed by atoms with Crippen LogP contribution in [0.3, 0.4) is 0 Å². The quantitative estimate of drug-likeness (QED) is 0.924. The number of aromatic nitrogens is 1. The summed E-state index contributed by atoms with van der Waals surface area (Å²) >= 11 is 1.57. The van der Waals surface area contributed by atoms with Crippen LogP contribution in [0.4, 0.5) is 0 Å². The molecule has 4 nitrogen and oxygen atoms in total. The maximum atomic E-state index is 11.3. The minimum Gasteiger partial charge on any atom is -0.325 e. The third-order valence-electron chi connectivity index (χ3n) is 2.52. The Morgan fingerprint density at radius 2 is 1.94 bits per heavy atom. The molecule has 1 heterocycles. The van der Waals surface area contributed by atoms with Crippen molar-refractivity contribution in [3.8, 4) is 0 Å². The minimum atomic E-state index is -3.12. The second-order valence-corrected chi connectivity index (χ2v) is 6.99. The molecule has 1 aromatic carbocycles. The van der Waals surface area contributed by atoms with Crippen molar-refractivity contribution in [3.05, 3.63) is 45.9 Å². The van der Waals surface area contributed by atoms with E-state index in [9.17, 15) is 8.42 Å². The fourth-order valence-corrected chi connectivity index (χ4v) is 3.02. The topological polar surface area (TPSA) is 73.0 Å². The molecule has 6 heteroatoms. The van der Waals surface area contributed by atoms with Crippen molar-refractivity contribution in [2.75, 3.05) is 6.26 Å². The Labute approximate surface area is 110 Å². The average Bonchev–Trinajstić information content (AvgIpc) is 2.76. The molecule has 96 valence electrons. The van der Waals surface area contributed by atoms with Gasteiger partial charge in [-0.1, -0.05) is 12.1 Å². The Morgan fingerprint density at radius 1 is 1.28 bits per heavy atom. The van der Waals surface area contributed by atoms with E-state index in [4.69, 9.17) is 5.73 Å². The summed E-state index contributed by atoms with van der Waals surface area (Å²) in [5, 5.41) is 2.93. The van der Waals surface area contributed by atoms with Crippen molar-refractivity contribution in [2.45, 2.75) is 17.9 Å². The number of nitrogens with zero attached hydrogens (tertiary/aromatic N) is 1. The predicted octanol–water partition coefficient (Wildman–Crippen LogP) is 1.60. The second-order valence-electron chi connectivity index (χ2n) is 4.03. The summed E-state index contributed by atoms with van der Waals surface area (Å²) in [5.41, 5.74) is 7.44. The van der Waals surface area contributed by atoms with Crippen molar-refractivity contribution in [1.29, 1.82) is 0 Å². The minimum absolute atomic E-state index is 0.341. The standard InChI is InChI=1S/C12H14N2O2S2/c1-18(15,16)11-4-2-9(3-5-11)6-12-14-10(7-13)8-17-12/h2-5,8H,6-7,13H2,1H3. The van der Waals surface area contributed by atoms with Crippen molar-refractivity contribution in [3.63, 3.8) is 0 Å². The molecule has 0 fully saturated rings. The number of thiazole rings is 1. The summed E-state index contributed by atoms with van der Waals surface area (Å²) in [5.74, 6) is 0. The summed E-state index contributed by atoms with van der Waals surface area (Å²) in [6, 6.07) is 6.89. The van der Waals surface area contributed by atoms with Crippen LogP contribution in [-0.2, 0) is 22.8 Å². The fourth-order valence-electron chi connectivity index (χ4n) is 1.55. The first-order valence-electron chi connectivity index (χ1n) is 5.41. The molecular weight excluding hydrogens is 268 g/mol. The monoisotopic (exact) mass is 282 g/mol. The van der Waals surface area contributed by atoms with Crippen LogP contribution in [0.15, 0.2) is 34.5 Å². The smallest absolute Gasteiger partial charge is 0.175 e. The molecule has 0 saturated carbocycles. The maximum absolute atomic E-state index is 11.3. The molecule has 0 aliphatic heterocycles. The van der Waals surface area contributed by atoms with E-state index in [1.807, 2.05) is 17.5 Å². The Kier molecular flexibility index (Phi) is 3.79. The third kappa shape index (κ3) is 3.16. The third-order valence-corrected chi connectivity index (χ3v) is 4.54. The molecule has 0 radical (unpaired) electrons. The molecule has 0 saturated heterocycles. The SMILES string of the molecule is CS(=O)(=O)c1ccc(Cc2nc(CN)cs2)cc1. The Hall–Kier alpha value is -1.24. The first kappa shape index (κ1) is 13.2. The van der Waals surface area contributed by atoms with Gasteiger partial charge in [-0.2, -0.15) is 0 Å². The molecule has 2 N–H and O–H groups in total. The molecule has 2 aromatic rings. The van der Waals surface area contributed by atoms with Crippen LogP contribution in [0.2, 0.25) is 0 Å². The van der Waals surface area contributed by atoms with Crippen LogP contribution < -0.4 is 5.73 Å². The summed E-state index contributed by atoms with van der Waals surface area (Å²) in [7, 11) is -3.12. The van der Waals surface area contributed by atoms with Gasteiger partial charge in [0.15, 0.2) is 9.84 Å². The zero-order chi connectivity index (χ0) is 13.2. The lowest BCUT2D eigenvalue weighted by molar-refractivity contribution is 0.602. The Balaban J connectivity index is 2.15. The van der Waals surface area contributed by atoms with Crippen LogP contribution in [-0.4, -0.2) is 19.7 Å². The van der Waals surface area contributed by atoms with Crippen LogP contribution in [0.25, 0.3) is 0 Å². The average molecular weight is 282 g/mol. The number of rotatable bonds is 4. The van der Waals surface area contributed by atoms with Gasteiger partial charge in [0.1, 0.15) is 0 Å². The Morgan fingerprint density at radius 3 is 2.44 bits per heavy atom. The lowest BCUT2D eigenvalue weighted by atomic mass is 10.2. The lowest BCUT2D eigenvalue weighted by Crippen LogP contribution is -1.98. The number of benzene rings is 1. The van der Waals surface area contributed by atoms with E-state index < -0.39 is 9.84 Å². The molecule has 0 unspecified atom stereocenters. The van der Waals surface area contributed by atoms with Crippen LogP contribution >= 0.6 is 11.3 Å². The van der Waals surface area contributed by atoms with Gasteiger partial charge in [0.05, 0.1) is 15.6 Å². The van der Waals surface area contributed by atoms with Gasteiger partial charge in [-0.05, 0) is 17.7 Å². The highest BCUT2D eigenvalue weighted by molar-refractivity contribution is 7.90. The van der Waals surface area contributed by atoms with E-state index in [0.29, 0.717) is 17.9 Å². The summed E-state index contributed by atoms with van der Waals surface area (Å²) < 4.78 is 22.6. The molecule has 0 amide bonds. The molecular formula is C12H14N2O2S2. The normalized spacial score (nSPS) is 11.7. The van der Waals surface area contributed by atoms with Gasteiger partial charge in [0.2, 0.25) is 0 Å². The van der Waals surface area contributed by atoms with Crippen molar-refractivity contribution < 1.29 is 8.42 Å². The van der Waals surface area contributed by atoms with Crippen LogP contribution in [0.1, 0.15) is 16.3 Å². The van der Waals surface area contributed by atoms with E-state index in [-0.39, 0.29) is 0 Å². The number of nitrogens with two attached hydrogens (primary N) is 1. The first-order chi connectivity index (χ1) is 8.49. The number of hydrogen-bond acceptors (Lipinski definition) is 5. The molecule has 18 heavy (non-hydrogen) atoms. The van der Waals surface area contributed by atoms with E-state index in [1.54, 1.807) is 23.5 Å². The first-order valence-corrected chi connectivity index (χ1v) is 8.18. The molecule has 0 bridgehead atoms. The maximum Gasteiger partial charge on any atom is 0.175 e. The van der Waals surface area contributed by atoms with Gasteiger partial charge in [0, 0.05) is 24.6 Å². The lowest BCUT2D eigenvalue weighted by Gasteiger charge is -2.01. The summed E-state index contributed by atoms with van der Waals surface area (Å²) in [4.78, 5) is 4.71. The van der Waals surface area contributed by atoms with Crippen LogP contribution in [0.5, 0.6) is 0 Å². The molecule has 1 aromatic heterocycles. The number of hydrogen-bond donors (Lipinski definition) is 1. The van der Waals surface area contributed by atoms with E-state index in [1.165, 1.54) is 6.26 Å². The van der Waals surface area contributed by atoms with Gasteiger partial charge < -0.3 is 5.73 Å². The summed E-state index contributed by atoms with van der Waals surface area (Å²) in [6.45, 7) is 0.448. The van der Waals surface area contributed by atoms with Gasteiger partial charge in [0.25, 0.3) is 0 Å². The zero-order valence-corrected chi connectivity index (χ0v) is 11.6. The molecule has 0 aliphatic carbocycles. The van der Waals surface area contributed by atoms with Crippen molar-refractivity contribution in [2.24, 2.45) is 5.73 Å². The molecule has 0 spiro atoms. The van der Waals surface area contributed by atoms with Gasteiger partial charge >= 0.3 is 0 Å². The van der Waals surface area contributed by atoms with E-state index in [0.717, 1.165) is 16.3 Å². The highest BCUT2D eigenvalue weighted by atomic mass is 32.2. The Bertz CT molecular complexity index is 630. The van der Waals surface area contributed by atoms with Crippen molar-refractivity contribution in [1.82, 2.24) is 4.98 Å². The van der Waals surface area contributed by atoms with E-state index >= 15 is 0 Å². The molecule has 2 rings (SSSR count). The second kappa shape index (κ2) is 5.17. The fraction of sp³-hybridized carbons (Fsp3) is 0.250. The van der Waals surface area contributed by atoms with Crippen molar-refractivity contribution >= 4 is 21.2 Å². The van der Waals surface area contributed by atoms with Gasteiger partial charge in [-0.25, -0.2) is 13.4 Å². The number of sulfone groups is 1. The zero-order valence-electron chi connectivity index (χ0n) is 9.96.